The van der Waals surface area contributed by atoms with Crippen LogP contribution in [0.2, 0.25) is 10.0 Å². The van der Waals surface area contributed by atoms with E-state index >= 15 is 0 Å². The van der Waals surface area contributed by atoms with Crippen LogP contribution in [0.1, 0.15) is 17.2 Å². The Kier molecular flexibility index (Phi) is 5.09. The lowest BCUT2D eigenvalue weighted by atomic mass is 10.0. The van der Waals surface area contributed by atoms with Crippen molar-refractivity contribution in [2.24, 2.45) is 5.73 Å². The average molecular weight is 295 g/mol. The molecular weight excluding hydrogens is 285 g/mol. The van der Waals surface area contributed by atoms with E-state index in [1.54, 1.807) is 17.4 Å². The summed E-state index contributed by atoms with van der Waals surface area (Å²) in [6.07, 6.45) is 0. The van der Waals surface area contributed by atoms with E-state index in [1.807, 2.05) is 29.0 Å². The lowest BCUT2D eigenvalue weighted by Gasteiger charge is -2.12. The highest BCUT2D eigenvalue weighted by Gasteiger charge is 2.14. The van der Waals surface area contributed by atoms with Gasteiger partial charge in [0.15, 0.2) is 0 Å². The normalized spacial score (nSPS) is 11.9. The second-order valence-electron chi connectivity index (χ2n) is 3.18. The first-order valence-corrected chi connectivity index (χ1v) is 6.11. The summed E-state index contributed by atoms with van der Waals surface area (Å²) < 4.78 is 0. The molecule has 2 aromatic rings. The summed E-state index contributed by atoms with van der Waals surface area (Å²) >= 11 is 13.6. The summed E-state index contributed by atoms with van der Waals surface area (Å²) in [5.41, 5.74) is 8.02. The molecular formula is C11H10Cl3NS. The fourth-order valence-electron chi connectivity index (χ4n) is 1.39. The van der Waals surface area contributed by atoms with Crippen LogP contribution in [0, 0.1) is 0 Å². The molecule has 0 bridgehead atoms. The molecule has 1 nitrogen and oxygen atoms in total. The number of thiophene rings is 1. The maximum atomic E-state index is 6.10. The highest BCUT2D eigenvalue weighted by Crippen LogP contribution is 2.32. The summed E-state index contributed by atoms with van der Waals surface area (Å²) in [7, 11) is 0. The molecule has 1 aromatic heterocycles. The van der Waals surface area contributed by atoms with Crippen molar-refractivity contribution in [1.29, 1.82) is 0 Å². The van der Waals surface area contributed by atoms with Crippen LogP contribution in [0.3, 0.4) is 0 Å². The number of hydrogen-bond donors (Lipinski definition) is 1. The van der Waals surface area contributed by atoms with E-state index in [0.29, 0.717) is 10.0 Å². The second kappa shape index (κ2) is 5.89. The Bertz CT molecular complexity index is 456. The number of halogens is 3. The fraction of sp³-hybridized carbons (Fsp3) is 0.0909. The topological polar surface area (TPSA) is 26.0 Å². The van der Waals surface area contributed by atoms with Crippen molar-refractivity contribution < 1.29 is 0 Å². The van der Waals surface area contributed by atoms with Gasteiger partial charge in [-0.05, 0) is 34.0 Å². The molecule has 0 fully saturated rings. The molecule has 16 heavy (non-hydrogen) atoms. The summed E-state index contributed by atoms with van der Waals surface area (Å²) in [6.45, 7) is 0. The molecule has 0 radical (unpaired) electrons. The molecule has 0 amide bonds. The zero-order chi connectivity index (χ0) is 10.8. The van der Waals surface area contributed by atoms with Crippen LogP contribution in [-0.2, 0) is 0 Å². The third-order valence-corrected chi connectivity index (χ3v) is 3.75. The van der Waals surface area contributed by atoms with Gasteiger partial charge in [0.1, 0.15) is 0 Å². The molecule has 2 N–H and O–H groups in total. The van der Waals surface area contributed by atoms with Crippen LogP contribution in [0.25, 0.3) is 0 Å². The number of rotatable bonds is 2. The summed E-state index contributed by atoms with van der Waals surface area (Å²) in [5.74, 6) is 0. The van der Waals surface area contributed by atoms with Crippen LogP contribution < -0.4 is 5.73 Å². The average Bonchev–Trinajstić information content (AvgIpc) is 2.74. The molecule has 0 aliphatic heterocycles. The van der Waals surface area contributed by atoms with Gasteiger partial charge in [0.25, 0.3) is 0 Å². The second-order valence-corrected chi connectivity index (χ2v) is 4.74. The summed E-state index contributed by atoms with van der Waals surface area (Å²) in [6, 6.07) is 7.30. The van der Waals surface area contributed by atoms with E-state index in [9.17, 15) is 0 Å². The smallest absolute Gasteiger partial charge is 0.0643 e. The Balaban J connectivity index is 0.00000128. The minimum Gasteiger partial charge on any atom is -0.320 e. The van der Waals surface area contributed by atoms with Gasteiger partial charge in [0, 0.05) is 0 Å². The van der Waals surface area contributed by atoms with Gasteiger partial charge < -0.3 is 5.73 Å². The van der Waals surface area contributed by atoms with Gasteiger partial charge in [-0.3, -0.25) is 0 Å². The summed E-state index contributed by atoms with van der Waals surface area (Å²) in [5, 5.41) is 5.09. The van der Waals surface area contributed by atoms with Gasteiger partial charge in [-0.1, -0.05) is 35.3 Å². The lowest BCUT2D eigenvalue weighted by molar-refractivity contribution is 0.877. The van der Waals surface area contributed by atoms with Crippen molar-refractivity contribution in [3.05, 3.63) is 56.2 Å². The Morgan fingerprint density at radius 2 is 1.94 bits per heavy atom. The first kappa shape index (κ1) is 13.8. The number of benzene rings is 1. The lowest BCUT2D eigenvalue weighted by Crippen LogP contribution is -2.11. The van der Waals surface area contributed by atoms with Crippen LogP contribution in [0.15, 0.2) is 35.0 Å². The molecule has 0 saturated carbocycles. The molecule has 2 rings (SSSR count). The Morgan fingerprint density at radius 3 is 2.56 bits per heavy atom. The van der Waals surface area contributed by atoms with Crippen molar-refractivity contribution in [2.45, 2.75) is 6.04 Å². The van der Waals surface area contributed by atoms with Gasteiger partial charge in [-0.2, -0.15) is 11.3 Å². The third kappa shape index (κ3) is 2.70. The van der Waals surface area contributed by atoms with Gasteiger partial charge >= 0.3 is 0 Å². The maximum Gasteiger partial charge on any atom is 0.0643 e. The van der Waals surface area contributed by atoms with Crippen molar-refractivity contribution in [3.63, 3.8) is 0 Å². The first-order valence-electron chi connectivity index (χ1n) is 4.41. The van der Waals surface area contributed by atoms with E-state index in [1.165, 1.54) is 0 Å². The highest BCUT2D eigenvalue weighted by molar-refractivity contribution is 7.08. The summed E-state index contributed by atoms with van der Waals surface area (Å²) in [4.78, 5) is 0. The number of hydrogen-bond acceptors (Lipinski definition) is 2. The number of nitrogens with two attached hydrogens (primary N) is 1. The SMILES string of the molecule is Cl.N[C@H](c1ccsc1)c1cccc(Cl)c1Cl. The van der Waals surface area contributed by atoms with Crippen LogP contribution in [-0.4, -0.2) is 0 Å². The van der Waals surface area contributed by atoms with Gasteiger partial charge in [-0.15, -0.1) is 12.4 Å². The molecule has 0 spiro atoms. The minimum atomic E-state index is -0.206. The Labute approximate surface area is 115 Å². The standard InChI is InChI=1S/C11H9Cl2NS.ClH/c12-9-3-1-2-8(10(9)13)11(14)7-4-5-15-6-7;/h1-6,11H,14H2;1H/t11-;/m1./s1. The fourth-order valence-corrected chi connectivity index (χ4v) is 2.51. The van der Waals surface area contributed by atoms with E-state index < -0.39 is 0 Å². The van der Waals surface area contributed by atoms with E-state index in [4.69, 9.17) is 28.9 Å². The zero-order valence-electron chi connectivity index (χ0n) is 8.19. The van der Waals surface area contributed by atoms with Gasteiger partial charge in [0.2, 0.25) is 0 Å². The Hall–Kier alpha value is -0.250. The van der Waals surface area contributed by atoms with Crippen molar-refractivity contribution >= 4 is 46.9 Å². The van der Waals surface area contributed by atoms with E-state index in [2.05, 4.69) is 0 Å². The predicted molar refractivity (Wildman–Crippen MR) is 74.1 cm³/mol. The molecule has 1 heterocycles. The molecule has 1 aromatic carbocycles. The van der Waals surface area contributed by atoms with Gasteiger partial charge in [-0.25, -0.2) is 0 Å². The molecule has 0 aliphatic carbocycles. The predicted octanol–water partition coefficient (Wildman–Crippen LogP) is 4.52. The minimum absolute atomic E-state index is 0. The van der Waals surface area contributed by atoms with Crippen LogP contribution in [0.4, 0.5) is 0 Å². The monoisotopic (exact) mass is 293 g/mol. The van der Waals surface area contributed by atoms with E-state index in [-0.39, 0.29) is 18.4 Å². The van der Waals surface area contributed by atoms with Crippen molar-refractivity contribution in [1.82, 2.24) is 0 Å². The Morgan fingerprint density at radius 1 is 1.19 bits per heavy atom. The highest BCUT2D eigenvalue weighted by atomic mass is 35.5. The van der Waals surface area contributed by atoms with E-state index in [0.717, 1.165) is 11.1 Å². The van der Waals surface area contributed by atoms with Crippen molar-refractivity contribution in [2.75, 3.05) is 0 Å². The van der Waals surface area contributed by atoms with Crippen LogP contribution >= 0.6 is 46.9 Å². The quantitative estimate of drug-likeness (QED) is 0.865. The molecule has 0 saturated heterocycles. The van der Waals surface area contributed by atoms with Crippen LogP contribution in [0.5, 0.6) is 0 Å². The largest absolute Gasteiger partial charge is 0.320 e. The maximum absolute atomic E-state index is 6.10. The third-order valence-electron chi connectivity index (χ3n) is 2.22. The van der Waals surface area contributed by atoms with Crippen molar-refractivity contribution in [3.8, 4) is 0 Å². The van der Waals surface area contributed by atoms with Gasteiger partial charge in [0.05, 0.1) is 16.1 Å². The molecule has 0 aliphatic rings. The molecule has 86 valence electrons. The molecule has 1 atom stereocenters. The molecule has 0 unspecified atom stereocenters. The zero-order valence-corrected chi connectivity index (χ0v) is 11.3. The molecule has 5 heteroatoms. The first-order chi connectivity index (χ1) is 7.20.